The number of alkyl halides is 2. The van der Waals surface area contributed by atoms with Crippen LogP contribution in [0.2, 0.25) is 0 Å². The second kappa shape index (κ2) is 5.72. The number of hydrogen-bond donors (Lipinski definition) is 2. The Labute approximate surface area is 98.4 Å². The summed E-state index contributed by atoms with van der Waals surface area (Å²) in [5, 5.41) is 2.47. The van der Waals surface area contributed by atoms with Gasteiger partial charge >= 0.3 is 0 Å². The minimum absolute atomic E-state index is 0.0509. The SMILES string of the molecule is CC(C)Oc1cncc(NCC(F)(F)CN)n1. The average molecular weight is 246 g/mol. The maximum atomic E-state index is 12.9. The molecule has 0 aliphatic carbocycles. The molecule has 0 fully saturated rings. The average Bonchev–Trinajstić information content (AvgIpc) is 2.26. The molecule has 0 saturated heterocycles. The van der Waals surface area contributed by atoms with Crippen LogP contribution in [-0.4, -0.2) is 35.1 Å². The molecule has 0 aliphatic rings. The first kappa shape index (κ1) is 13.6. The van der Waals surface area contributed by atoms with E-state index in [-0.39, 0.29) is 11.9 Å². The summed E-state index contributed by atoms with van der Waals surface area (Å²) in [5.74, 6) is -2.44. The molecule has 0 atom stereocenters. The van der Waals surface area contributed by atoms with Crippen LogP contribution in [0, 0.1) is 0 Å². The number of nitrogens with zero attached hydrogens (tertiary/aromatic N) is 2. The lowest BCUT2D eigenvalue weighted by Crippen LogP contribution is -2.35. The second-order valence-electron chi connectivity index (χ2n) is 3.82. The summed E-state index contributed by atoms with van der Waals surface area (Å²) in [4.78, 5) is 7.82. The largest absolute Gasteiger partial charge is 0.474 e. The molecule has 0 unspecified atom stereocenters. The van der Waals surface area contributed by atoms with Crippen molar-refractivity contribution in [3.63, 3.8) is 0 Å². The summed E-state index contributed by atoms with van der Waals surface area (Å²) >= 11 is 0. The van der Waals surface area contributed by atoms with Crippen LogP contribution in [0.25, 0.3) is 0 Å². The Morgan fingerprint density at radius 1 is 1.47 bits per heavy atom. The van der Waals surface area contributed by atoms with E-state index in [1.54, 1.807) is 0 Å². The van der Waals surface area contributed by atoms with Crippen molar-refractivity contribution in [2.75, 3.05) is 18.4 Å². The standard InChI is InChI=1S/C10H16F2N4O/c1-7(2)17-9-4-14-3-8(16-9)15-6-10(11,12)5-13/h3-4,7H,5-6,13H2,1-2H3,(H,15,16). The third kappa shape index (κ3) is 4.90. The molecule has 3 N–H and O–H groups in total. The van der Waals surface area contributed by atoms with E-state index >= 15 is 0 Å². The zero-order valence-electron chi connectivity index (χ0n) is 9.78. The van der Waals surface area contributed by atoms with E-state index in [1.165, 1.54) is 12.4 Å². The molecule has 17 heavy (non-hydrogen) atoms. The van der Waals surface area contributed by atoms with Crippen LogP contribution in [-0.2, 0) is 0 Å². The normalized spacial score (nSPS) is 11.6. The molecule has 1 heterocycles. The highest BCUT2D eigenvalue weighted by Crippen LogP contribution is 2.14. The van der Waals surface area contributed by atoms with Gasteiger partial charge < -0.3 is 15.8 Å². The number of nitrogens with one attached hydrogen (secondary N) is 1. The van der Waals surface area contributed by atoms with Crippen LogP contribution >= 0.6 is 0 Å². The van der Waals surface area contributed by atoms with E-state index in [0.717, 1.165) is 0 Å². The van der Waals surface area contributed by atoms with Gasteiger partial charge in [-0.2, -0.15) is 4.98 Å². The summed E-state index contributed by atoms with van der Waals surface area (Å²) in [6.45, 7) is 2.38. The summed E-state index contributed by atoms with van der Waals surface area (Å²) in [7, 11) is 0. The van der Waals surface area contributed by atoms with Crippen LogP contribution in [0.3, 0.4) is 0 Å². The van der Waals surface area contributed by atoms with Crippen LogP contribution in [0.4, 0.5) is 14.6 Å². The zero-order chi connectivity index (χ0) is 12.9. The Kier molecular flexibility index (Phi) is 4.56. The van der Waals surface area contributed by atoms with Crippen molar-refractivity contribution in [2.24, 2.45) is 5.73 Å². The molecule has 0 bridgehead atoms. The number of hydrogen-bond acceptors (Lipinski definition) is 5. The molecule has 96 valence electrons. The summed E-state index contributed by atoms with van der Waals surface area (Å²) < 4.78 is 31.1. The van der Waals surface area contributed by atoms with Crippen molar-refractivity contribution >= 4 is 5.82 Å². The van der Waals surface area contributed by atoms with Crippen molar-refractivity contribution in [1.82, 2.24) is 9.97 Å². The molecular formula is C10H16F2N4O. The third-order valence-electron chi connectivity index (χ3n) is 1.80. The number of rotatable bonds is 6. The molecule has 1 rings (SSSR count). The van der Waals surface area contributed by atoms with E-state index in [2.05, 4.69) is 15.3 Å². The predicted molar refractivity (Wildman–Crippen MR) is 60.3 cm³/mol. The lowest BCUT2D eigenvalue weighted by atomic mass is 10.3. The molecule has 0 spiro atoms. The van der Waals surface area contributed by atoms with Crippen LogP contribution in [0.15, 0.2) is 12.4 Å². The Morgan fingerprint density at radius 2 is 2.18 bits per heavy atom. The van der Waals surface area contributed by atoms with Gasteiger partial charge in [0.1, 0.15) is 5.82 Å². The fourth-order valence-electron chi connectivity index (χ4n) is 1.02. The van der Waals surface area contributed by atoms with Gasteiger partial charge in [0.15, 0.2) is 0 Å². The Morgan fingerprint density at radius 3 is 2.76 bits per heavy atom. The zero-order valence-corrected chi connectivity index (χ0v) is 9.78. The molecule has 0 aromatic carbocycles. The van der Waals surface area contributed by atoms with Crippen LogP contribution < -0.4 is 15.8 Å². The summed E-state index contributed by atoms with van der Waals surface area (Å²) in [6, 6.07) is 0. The summed E-state index contributed by atoms with van der Waals surface area (Å²) in [5.41, 5.74) is 4.92. The van der Waals surface area contributed by atoms with Crippen molar-refractivity contribution in [1.29, 1.82) is 0 Å². The van der Waals surface area contributed by atoms with Gasteiger partial charge in [-0.15, -0.1) is 0 Å². The molecule has 0 saturated carbocycles. The first-order valence-electron chi connectivity index (χ1n) is 5.23. The minimum atomic E-state index is -2.96. The maximum absolute atomic E-state index is 12.9. The van der Waals surface area contributed by atoms with Crippen LogP contribution in [0.1, 0.15) is 13.8 Å². The van der Waals surface area contributed by atoms with Gasteiger partial charge in [-0.25, -0.2) is 8.78 Å². The fraction of sp³-hybridized carbons (Fsp3) is 0.600. The van der Waals surface area contributed by atoms with E-state index in [4.69, 9.17) is 10.5 Å². The number of aromatic nitrogens is 2. The van der Waals surface area contributed by atoms with Gasteiger partial charge in [0.05, 0.1) is 31.6 Å². The Balaban J connectivity index is 2.60. The first-order chi connectivity index (χ1) is 7.93. The van der Waals surface area contributed by atoms with Gasteiger partial charge in [0.2, 0.25) is 5.88 Å². The van der Waals surface area contributed by atoms with Gasteiger partial charge in [-0.05, 0) is 13.8 Å². The Bertz CT molecular complexity index is 360. The Hall–Kier alpha value is -1.50. The number of halogens is 2. The van der Waals surface area contributed by atoms with E-state index in [9.17, 15) is 8.78 Å². The lowest BCUT2D eigenvalue weighted by Gasteiger charge is -2.15. The van der Waals surface area contributed by atoms with Gasteiger partial charge in [0.25, 0.3) is 5.92 Å². The smallest absolute Gasteiger partial charge is 0.276 e. The molecule has 0 radical (unpaired) electrons. The topological polar surface area (TPSA) is 73.1 Å². The molecule has 0 aliphatic heterocycles. The summed E-state index contributed by atoms with van der Waals surface area (Å²) in [6.07, 6.45) is 2.72. The van der Waals surface area contributed by atoms with Gasteiger partial charge in [-0.3, -0.25) is 4.98 Å². The monoisotopic (exact) mass is 246 g/mol. The van der Waals surface area contributed by atoms with Gasteiger partial charge in [0, 0.05) is 0 Å². The van der Waals surface area contributed by atoms with Crippen molar-refractivity contribution in [3.05, 3.63) is 12.4 Å². The lowest BCUT2D eigenvalue weighted by molar-refractivity contribution is 0.0253. The molecule has 5 nitrogen and oxygen atoms in total. The van der Waals surface area contributed by atoms with Crippen molar-refractivity contribution < 1.29 is 13.5 Å². The highest BCUT2D eigenvalue weighted by Gasteiger charge is 2.26. The number of anilines is 1. The molecular weight excluding hydrogens is 230 g/mol. The first-order valence-corrected chi connectivity index (χ1v) is 5.23. The number of nitrogens with two attached hydrogens (primary N) is 1. The quantitative estimate of drug-likeness (QED) is 0.790. The highest BCUT2D eigenvalue weighted by molar-refractivity contribution is 5.33. The fourth-order valence-corrected chi connectivity index (χ4v) is 1.02. The van der Waals surface area contributed by atoms with E-state index < -0.39 is 19.0 Å². The minimum Gasteiger partial charge on any atom is -0.474 e. The van der Waals surface area contributed by atoms with Crippen LogP contribution in [0.5, 0.6) is 5.88 Å². The maximum Gasteiger partial charge on any atom is 0.276 e. The molecule has 1 aromatic heterocycles. The van der Waals surface area contributed by atoms with Crippen molar-refractivity contribution in [2.45, 2.75) is 25.9 Å². The molecule has 0 amide bonds. The second-order valence-corrected chi connectivity index (χ2v) is 3.82. The van der Waals surface area contributed by atoms with Gasteiger partial charge in [-0.1, -0.05) is 0 Å². The van der Waals surface area contributed by atoms with E-state index in [1.807, 2.05) is 13.8 Å². The third-order valence-corrected chi connectivity index (χ3v) is 1.80. The number of ether oxygens (including phenoxy) is 1. The molecule has 7 heteroatoms. The van der Waals surface area contributed by atoms with E-state index in [0.29, 0.717) is 5.88 Å². The highest BCUT2D eigenvalue weighted by atomic mass is 19.3. The molecule has 1 aromatic rings. The van der Waals surface area contributed by atoms with Crippen molar-refractivity contribution in [3.8, 4) is 5.88 Å². The predicted octanol–water partition coefficient (Wildman–Crippen LogP) is 1.27.